The minimum absolute atomic E-state index is 0.0535. The summed E-state index contributed by atoms with van der Waals surface area (Å²) in [5, 5.41) is 3.93. The summed E-state index contributed by atoms with van der Waals surface area (Å²) in [7, 11) is 0. The van der Waals surface area contributed by atoms with Crippen LogP contribution in [0.2, 0.25) is 5.02 Å². The first-order valence-corrected chi connectivity index (χ1v) is 7.05. The molecule has 1 rings (SSSR count). The fraction of sp³-hybridized carbons (Fsp3) is 0.533. The van der Waals surface area contributed by atoms with Crippen molar-refractivity contribution < 1.29 is 4.79 Å². The highest BCUT2D eigenvalue weighted by molar-refractivity contribution is 6.30. The molecule has 1 N–H and O–H groups in total. The average molecular weight is 270 g/mol. The van der Waals surface area contributed by atoms with Crippen LogP contribution in [0.1, 0.15) is 45.6 Å². The lowest BCUT2D eigenvalue weighted by molar-refractivity contribution is -0.120. The lowest BCUT2D eigenvalue weighted by atomic mass is 9.93. The third kappa shape index (κ3) is 5.65. The van der Waals surface area contributed by atoms with Crippen molar-refractivity contribution >= 4 is 17.4 Å². The Hall–Kier alpha value is -0.860. The molecular weight excluding hydrogens is 246 g/mol. The molecule has 0 fully saturated rings. The first kappa shape index (κ1) is 17.1. The molecule has 0 aliphatic carbocycles. The van der Waals surface area contributed by atoms with Crippen molar-refractivity contribution in [2.75, 3.05) is 13.1 Å². The summed E-state index contributed by atoms with van der Waals surface area (Å²) in [6, 6.07) is 7.52. The van der Waals surface area contributed by atoms with Gasteiger partial charge in [-0.1, -0.05) is 51.4 Å². The van der Waals surface area contributed by atoms with Gasteiger partial charge in [0.25, 0.3) is 0 Å². The van der Waals surface area contributed by atoms with Gasteiger partial charge in [0.1, 0.15) is 5.78 Å². The maximum absolute atomic E-state index is 11.8. The van der Waals surface area contributed by atoms with Gasteiger partial charge in [-0.2, -0.15) is 0 Å². The average Bonchev–Trinajstić information content (AvgIpc) is 2.43. The number of hydrogen-bond donors (Lipinski definition) is 1. The number of rotatable bonds is 6. The molecule has 0 heterocycles. The molecule has 3 heteroatoms. The third-order valence-electron chi connectivity index (χ3n) is 2.61. The summed E-state index contributed by atoms with van der Waals surface area (Å²) in [6.07, 6.45) is 0.568. The molecule has 0 amide bonds. The molecule has 2 nitrogen and oxygen atoms in total. The smallest absolute Gasteiger partial charge is 0.141 e. The number of hydrogen-bond acceptors (Lipinski definition) is 2. The van der Waals surface area contributed by atoms with Gasteiger partial charge in [0.2, 0.25) is 0 Å². The number of ketones is 1. The van der Waals surface area contributed by atoms with Gasteiger partial charge in [-0.25, -0.2) is 0 Å². The Labute approximate surface area is 116 Å². The van der Waals surface area contributed by atoms with E-state index in [1.165, 1.54) is 0 Å². The van der Waals surface area contributed by atoms with Gasteiger partial charge < -0.3 is 5.32 Å². The zero-order chi connectivity index (χ0) is 14.0. The van der Waals surface area contributed by atoms with E-state index >= 15 is 0 Å². The van der Waals surface area contributed by atoms with Crippen molar-refractivity contribution in [3.05, 3.63) is 34.9 Å². The second-order valence-electron chi connectivity index (χ2n) is 3.73. The highest BCUT2D eigenvalue weighted by atomic mass is 35.5. The highest BCUT2D eigenvalue weighted by Gasteiger charge is 2.17. The van der Waals surface area contributed by atoms with Gasteiger partial charge in [-0.05, 0) is 24.2 Å². The normalized spacial score (nSPS) is 11.4. The summed E-state index contributed by atoms with van der Waals surface area (Å²) in [4.78, 5) is 11.8. The zero-order valence-electron chi connectivity index (χ0n) is 11.8. The van der Waals surface area contributed by atoms with Crippen LogP contribution in [0.3, 0.4) is 0 Å². The number of benzene rings is 1. The van der Waals surface area contributed by atoms with Gasteiger partial charge in [-0.3, -0.25) is 4.79 Å². The monoisotopic (exact) mass is 269 g/mol. The molecule has 102 valence electrons. The van der Waals surface area contributed by atoms with Crippen LogP contribution >= 0.6 is 11.6 Å². The predicted octanol–water partition coefficient (Wildman–Crippen LogP) is 4.04. The van der Waals surface area contributed by atoms with Crippen molar-refractivity contribution in [3.63, 3.8) is 0 Å². The molecule has 0 radical (unpaired) electrons. The molecule has 0 aliphatic heterocycles. The van der Waals surface area contributed by atoms with E-state index in [9.17, 15) is 4.79 Å². The Morgan fingerprint density at radius 1 is 1.22 bits per heavy atom. The van der Waals surface area contributed by atoms with Crippen LogP contribution in [0.4, 0.5) is 0 Å². The van der Waals surface area contributed by atoms with Crippen molar-refractivity contribution in [1.29, 1.82) is 0 Å². The predicted molar refractivity (Wildman–Crippen MR) is 79.4 cm³/mol. The van der Waals surface area contributed by atoms with E-state index in [2.05, 4.69) is 5.32 Å². The second kappa shape index (κ2) is 10.1. The van der Waals surface area contributed by atoms with Gasteiger partial charge in [0.05, 0.1) is 5.92 Å². The Bertz CT molecular complexity index is 335. The SMILES string of the molecule is CC.CCNCC(C(=O)CC)c1ccc(Cl)cc1. The Balaban J connectivity index is 0.00000137. The fourth-order valence-corrected chi connectivity index (χ4v) is 1.77. The quantitative estimate of drug-likeness (QED) is 0.845. The minimum Gasteiger partial charge on any atom is -0.316 e. The van der Waals surface area contributed by atoms with Crippen LogP contribution in [-0.4, -0.2) is 18.9 Å². The van der Waals surface area contributed by atoms with Crippen LogP contribution < -0.4 is 5.32 Å². The van der Waals surface area contributed by atoms with Crippen molar-refractivity contribution in [2.24, 2.45) is 0 Å². The van der Waals surface area contributed by atoms with Crippen LogP contribution in [0, 0.1) is 0 Å². The number of halogens is 1. The lowest BCUT2D eigenvalue weighted by Crippen LogP contribution is -2.26. The number of carbonyl (C=O) groups excluding carboxylic acids is 1. The molecule has 0 saturated heterocycles. The van der Waals surface area contributed by atoms with Gasteiger partial charge in [0.15, 0.2) is 0 Å². The van der Waals surface area contributed by atoms with Crippen molar-refractivity contribution in [3.8, 4) is 0 Å². The summed E-state index contributed by atoms with van der Waals surface area (Å²) in [5.74, 6) is 0.213. The molecule has 1 atom stereocenters. The Morgan fingerprint density at radius 2 is 1.78 bits per heavy atom. The third-order valence-corrected chi connectivity index (χ3v) is 2.86. The molecule has 1 aromatic rings. The van der Waals surface area contributed by atoms with E-state index in [-0.39, 0.29) is 11.7 Å². The van der Waals surface area contributed by atoms with Gasteiger partial charge in [-0.15, -0.1) is 0 Å². The highest BCUT2D eigenvalue weighted by Crippen LogP contribution is 2.20. The molecule has 0 saturated carbocycles. The second-order valence-corrected chi connectivity index (χ2v) is 4.17. The number of likely N-dealkylation sites (N-methyl/N-ethyl adjacent to an activating group) is 1. The molecule has 0 aromatic heterocycles. The van der Waals surface area contributed by atoms with E-state index < -0.39 is 0 Å². The topological polar surface area (TPSA) is 29.1 Å². The van der Waals surface area contributed by atoms with E-state index in [1.54, 1.807) is 0 Å². The van der Waals surface area contributed by atoms with Gasteiger partial charge >= 0.3 is 0 Å². The van der Waals surface area contributed by atoms with E-state index in [0.717, 1.165) is 12.1 Å². The Morgan fingerprint density at radius 3 is 2.22 bits per heavy atom. The zero-order valence-corrected chi connectivity index (χ0v) is 12.6. The standard InChI is InChI=1S/C13H18ClNO.C2H6/c1-3-13(16)12(9-15-4-2)10-5-7-11(14)8-6-10;1-2/h5-8,12,15H,3-4,9H2,1-2H3;1-2H3. The molecule has 18 heavy (non-hydrogen) atoms. The molecule has 0 spiro atoms. The van der Waals surface area contributed by atoms with E-state index in [1.807, 2.05) is 52.0 Å². The maximum Gasteiger partial charge on any atom is 0.141 e. The minimum atomic E-state index is -0.0535. The first-order valence-electron chi connectivity index (χ1n) is 6.67. The van der Waals surface area contributed by atoms with Crippen LogP contribution in [0.25, 0.3) is 0 Å². The first-order chi connectivity index (χ1) is 8.69. The molecule has 1 aromatic carbocycles. The van der Waals surface area contributed by atoms with Crippen molar-refractivity contribution in [1.82, 2.24) is 5.32 Å². The molecular formula is C15H24ClNO. The van der Waals surface area contributed by atoms with E-state index in [0.29, 0.717) is 18.0 Å². The number of carbonyl (C=O) groups is 1. The van der Waals surface area contributed by atoms with Crippen LogP contribution in [0.15, 0.2) is 24.3 Å². The summed E-state index contributed by atoms with van der Waals surface area (Å²) < 4.78 is 0. The Kier molecular flexibility index (Phi) is 9.62. The summed E-state index contributed by atoms with van der Waals surface area (Å²) >= 11 is 5.83. The largest absolute Gasteiger partial charge is 0.316 e. The lowest BCUT2D eigenvalue weighted by Gasteiger charge is -2.15. The number of Topliss-reactive ketones (excluding diaryl/α,β-unsaturated/α-hetero) is 1. The summed E-state index contributed by atoms with van der Waals surface area (Å²) in [5.41, 5.74) is 1.04. The van der Waals surface area contributed by atoms with E-state index in [4.69, 9.17) is 11.6 Å². The molecule has 1 unspecified atom stereocenters. The van der Waals surface area contributed by atoms with Crippen LogP contribution in [0.5, 0.6) is 0 Å². The van der Waals surface area contributed by atoms with Gasteiger partial charge in [0, 0.05) is 18.0 Å². The summed E-state index contributed by atoms with van der Waals surface area (Å²) in [6.45, 7) is 9.51. The molecule has 0 bridgehead atoms. The fourth-order valence-electron chi connectivity index (χ4n) is 1.65. The van der Waals surface area contributed by atoms with Crippen LogP contribution in [-0.2, 0) is 4.79 Å². The number of nitrogens with one attached hydrogen (secondary N) is 1. The van der Waals surface area contributed by atoms with Crippen molar-refractivity contribution in [2.45, 2.75) is 40.0 Å². The maximum atomic E-state index is 11.8. The molecule has 0 aliphatic rings.